The molecule has 0 unspecified atom stereocenters. The fraction of sp³-hybridized carbons (Fsp3) is 0.588. The summed E-state index contributed by atoms with van der Waals surface area (Å²) in [6.07, 6.45) is 3.69. The minimum Gasteiger partial charge on any atom is -0.376 e. The van der Waals surface area contributed by atoms with Crippen LogP contribution in [0.5, 0.6) is 0 Å². The Morgan fingerprint density at radius 2 is 2.05 bits per heavy atom. The summed E-state index contributed by atoms with van der Waals surface area (Å²) in [6.45, 7) is 7.45. The van der Waals surface area contributed by atoms with Crippen LogP contribution in [-0.2, 0) is 4.74 Å². The monoisotopic (exact) mass is 306 g/mol. The van der Waals surface area contributed by atoms with Gasteiger partial charge in [0.25, 0.3) is 0 Å². The van der Waals surface area contributed by atoms with Crippen molar-refractivity contribution in [3.63, 3.8) is 0 Å². The molecule has 0 bridgehead atoms. The molecular formula is C17H26N2OS. The molecule has 0 spiro atoms. The van der Waals surface area contributed by atoms with Crippen LogP contribution in [0.15, 0.2) is 24.3 Å². The Balaban J connectivity index is 1.84. The Morgan fingerprint density at radius 1 is 1.33 bits per heavy atom. The lowest BCUT2D eigenvalue weighted by atomic mass is 9.99. The minimum atomic E-state index is 0.242. The van der Waals surface area contributed by atoms with Gasteiger partial charge in [0.2, 0.25) is 0 Å². The lowest BCUT2D eigenvalue weighted by molar-refractivity contribution is 0.0895. The van der Waals surface area contributed by atoms with Crippen LogP contribution in [0.3, 0.4) is 0 Å². The summed E-state index contributed by atoms with van der Waals surface area (Å²) in [7, 11) is 0. The summed E-state index contributed by atoms with van der Waals surface area (Å²) in [6, 6.07) is 8.76. The summed E-state index contributed by atoms with van der Waals surface area (Å²) in [5.41, 5.74) is 2.40. The molecule has 0 radical (unpaired) electrons. The van der Waals surface area contributed by atoms with Crippen LogP contribution in [0, 0.1) is 0 Å². The van der Waals surface area contributed by atoms with E-state index in [1.807, 2.05) is 0 Å². The normalized spacial score (nSPS) is 20.8. The van der Waals surface area contributed by atoms with Gasteiger partial charge in [-0.2, -0.15) is 0 Å². The first-order valence-electron chi connectivity index (χ1n) is 7.89. The fourth-order valence-corrected chi connectivity index (χ4v) is 2.90. The average Bonchev–Trinajstić information content (AvgIpc) is 3.01. The quantitative estimate of drug-likeness (QED) is 0.804. The molecular weight excluding hydrogens is 280 g/mol. The molecule has 1 aliphatic heterocycles. The zero-order chi connectivity index (χ0) is 15.2. The average molecular weight is 306 g/mol. The van der Waals surface area contributed by atoms with Crippen LogP contribution < -0.4 is 10.6 Å². The zero-order valence-electron chi connectivity index (χ0n) is 13.2. The van der Waals surface area contributed by atoms with Gasteiger partial charge in [0, 0.05) is 12.3 Å². The second-order valence-corrected chi connectivity index (χ2v) is 6.28. The molecule has 1 heterocycles. The molecule has 3 nitrogen and oxygen atoms in total. The number of benzene rings is 1. The maximum Gasteiger partial charge on any atom is 0.171 e. The van der Waals surface area contributed by atoms with Gasteiger partial charge in [-0.05, 0) is 62.0 Å². The largest absolute Gasteiger partial charge is 0.376 e. The van der Waals surface area contributed by atoms with Gasteiger partial charge < -0.3 is 15.4 Å². The molecule has 3 atom stereocenters. The molecule has 1 aromatic carbocycles. The summed E-state index contributed by atoms with van der Waals surface area (Å²) >= 11 is 5.38. The first-order valence-corrected chi connectivity index (χ1v) is 8.30. The number of rotatable bonds is 5. The predicted molar refractivity (Wildman–Crippen MR) is 92.9 cm³/mol. The molecule has 0 aliphatic carbocycles. The number of hydrogen-bond acceptors (Lipinski definition) is 2. The van der Waals surface area contributed by atoms with Gasteiger partial charge in [0.15, 0.2) is 5.11 Å². The third-order valence-corrected chi connectivity index (χ3v) is 4.45. The molecule has 1 aliphatic rings. The fourth-order valence-electron chi connectivity index (χ4n) is 2.59. The molecule has 21 heavy (non-hydrogen) atoms. The van der Waals surface area contributed by atoms with Gasteiger partial charge in [0.1, 0.15) is 0 Å². The van der Waals surface area contributed by atoms with Crippen molar-refractivity contribution in [2.24, 2.45) is 0 Å². The van der Waals surface area contributed by atoms with Crippen LogP contribution in [0.2, 0.25) is 0 Å². The van der Waals surface area contributed by atoms with Gasteiger partial charge in [-0.3, -0.25) is 0 Å². The third kappa shape index (κ3) is 4.68. The van der Waals surface area contributed by atoms with Gasteiger partial charge >= 0.3 is 0 Å². The number of ether oxygens (including phenoxy) is 1. The highest BCUT2D eigenvalue weighted by atomic mass is 32.1. The van der Waals surface area contributed by atoms with E-state index in [9.17, 15) is 0 Å². The van der Waals surface area contributed by atoms with Crippen LogP contribution in [-0.4, -0.2) is 23.9 Å². The van der Waals surface area contributed by atoms with Crippen molar-refractivity contribution in [2.75, 3.05) is 11.9 Å². The summed E-state index contributed by atoms with van der Waals surface area (Å²) in [5, 5.41) is 7.22. The minimum absolute atomic E-state index is 0.242. The second kappa shape index (κ2) is 7.76. The summed E-state index contributed by atoms with van der Waals surface area (Å²) < 4.78 is 5.67. The van der Waals surface area contributed by atoms with Crippen molar-refractivity contribution in [3.8, 4) is 0 Å². The lowest BCUT2D eigenvalue weighted by Crippen LogP contribution is -2.42. The Morgan fingerprint density at radius 3 is 2.62 bits per heavy atom. The van der Waals surface area contributed by atoms with Gasteiger partial charge in [-0.25, -0.2) is 0 Å². The molecule has 0 aromatic heterocycles. The Kier molecular flexibility index (Phi) is 6.00. The maximum atomic E-state index is 5.67. The standard InChI is InChI=1S/C17H26N2OS/c1-4-12(2)14-7-9-15(10-8-14)19-17(21)18-13(3)16-6-5-11-20-16/h7-10,12-13,16H,4-6,11H2,1-3H3,(H2,18,19,21)/t12-,13-,16-/m0/s1. The Labute approximate surface area is 133 Å². The van der Waals surface area contributed by atoms with Crippen LogP contribution in [0.1, 0.15) is 51.5 Å². The van der Waals surface area contributed by atoms with E-state index in [0.717, 1.165) is 31.6 Å². The topological polar surface area (TPSA) is 33.3 Å². The van der Waals surface area contributed by atoms with E-state index < -0.39 is 0 Å². The first-order chi connectivity index (χ1) is 10.1. The molecule has 1 fully saturated rings. The lowest BCUT2D eigenvalue weighted by Gasteiger charge is -2.22. The SMILES string of the molecule is CC[C@H](C)c1ccc(NC(=S)N[C@@H](C)[C@@H]2CCCO2)cc1. The zero-order valence-corrected chi connectivity index (χ0v) is 14.0. The van der Waals surface area contributed by atoms with E-state index in [2.05, 4.69) is 55.7 Å². The molecule has 2 N–H and O–H groups in total. The van der Waals surface area contributed by atoms with Gasteiger partial charge in [-0.15, -0.1) is 0 Å². The maximum absolute atomic E-state index is 5.67. The Hall–Kier alpha value is -1.13. The number of thiocarbonyl (C=S) groups is 1. The van der Waals surface area contributed by atoms with Crippen LogP contribution >= 0.6 is 12.2 Å². The first kappa shape index (κ1) is 16.2. The molecule has 2 rings (SSSR count). The summed E-state index contributed by atoms with van der Waals surface area (Å²) in [5.74, 6) is 0.601. The van der Waals surface area contributed by atoms with E-state index in [1.54, 1.807) is 0 Å². The van der Waals surface area contributed by atoms with Crippen molar-refractivity contribution in [3.05, 3.63) is 29.8 Å². The van der Waals surface area contributed by atoms with Crippen molar-refractivity contribution >= 4 is 23.0 Å². The number of anilines is 1. The van der Waals surface area contributed by atoms with Crippen molar-refractivity contribution in [2.45, 2.75) is 58.1 Å². The van der Waals surface area contributed by atoms with E-state index >= 15 is 0 Å². The van der Waals surface area contributed by atoms with E-state index in [-0.39, 0.29) is 12.1 Å². The molecule has 1 saturated heterocycles. The third-order valence-electron chi connectivity index (χ3n) is 4.23. The smallest absolute Gasteiger partial charge is 0.171 e. The van der Waals surface area contributed by atoms with Gasteiger partial charge in [-0.1, -0.05) is 26.0 Å². The van der Waals surface area contributed by atoms with Crippen molar-refractivity contribution < 1.29 is 4.74 Å². The predicted octanol–water partition coefficient (Wildman–Crippen LogP) is 4.05. The Bertz CT molecular complexity index is 454. The van der Waals surface area contributed by atoms with E-state index in [4.69, 9.17) is 17.0 Å². The molecule has 116 valence electrons. The van der Waals surface area contributed by atoms with Crippen molar-refractivity contribution in [1.82, 2.24) is 5.32 Å². The van der Waals surface area contributed by atoms with Gasteiger partial charge in [0.05, 0.1) is 12.1 Å². The van der Waals surface area contributed by atoms with Crippen molar-refractivity contribution in [1.29, 1.82) is 0 Å². The summed E-state index contributed by atoms with van der Waals surface area (Å²) in [4.78, 5) is 0. The second-order valence-electron chi connectivity index (χ2n) is 5.87. The number of hydrogen-bond donors (Lipinski definition) is 2. The number of nitrogens with one attached hydrogen (secondary N) is 2. The van der Waals surface area contributed by atoms with Crippen LogP contribution in [0.25, 0.3) is 0 Å². The van der Waals surface area contributed by atoms with Crippen LogP contribution in [0.4, 0.5) is 5.69 Å². The highest BCUT2D eigenvalue weighted by Gasteiger charge is 2.22. The van der Waals surface area contributed by atoms with E-state index in [0.29, 0.717) is 11.0 Å². The highest BCUT2D eigenvalue weighted by Crippen LogP contribution is 2.20. The molecule has 1 aromatic rings. The molecule has 0 amide bonds. The molecule has 0 saturated carbocycles. The highest BCUT2D eigenvalue weighted by molar-refractivity contribution is 7.80. The van der Waals surface area contributed by atoms with E-state index in [1.165, 1.54) is 5.56 Å². The molecule has 4 heteroatoms.